The summed E-state index contributed by atoms with van der Waals surface area (Å²) >= 11 is 0. The molecule has 1 amide bonds. The lowest BCUT2D eigenvalue weighted by Gasteiger charge is -2.18. The van der Waals surface area contributed by atoms with Crippen molar-refractivity contribution >= 4 is 23.4 Å². The second-order valence-corrected chi connectivity index (χ2v) is 7.77. The molecule has 0 aliphatic carbocycles. The largest absolute Gasteiger partial charge is 0.366 e. The van der Waals surface area contributed by atoms with Crippen molar-refractivity contribution in [2.75, 3.05) is 17.2 Å². The average molecular weight is 371 g/mol. The lowest BCUT2D eigenvalue weighted by atomic mass is 10.1. The number of carbonyl (C=O) groups is 1. The molecule has 0 aromatic carbocycles. The van der Waals surface area contributed by atoms with Crippen molar-refractivity contribution in [3.63, 3.8) is 0 Å². The minimum absolute atomic E-state index is 0.119. The summed E-state index contributed by atoms with van der Waals surface area (Å²) in [7, 11) is 0. The van der Waals surface area contributed by atoms with E-state index >= 15 is 0 Å². The van der Waals surface area contributed by atoms with Crippen molar-refractivity contribution in [2.45, 2.75) is 46.6 Å². The summed E-state index contributed by atoms with van der Waals surface area (Å²) in [5.74, 6) is 0.793. The Balaban J connectivity index is 2.13. The van der Waals surface area contributed by atoms with E-state index in [-0.39, 0.29) is 11.1 Å². The van der Waals surface area contributed by atoms with Crippen molar-refractivity contribution in [3.8, 4) is 0 Å². The Hall–Kier alpha value is -2.90. The third-order valence-corrected chi connectivity index (χ3v) is 3.74. The van der Waals surface area contributed by atoms with Crippen LogP contribution in [0.2, 0.25) is 0 Å². The van der Waals surface area contributed by atoms with Crippen molar-refractivity contribution in [1.29, 1.82) is 0 Å². The van der Waals surface area contributed by atoms with E-state index in [0.29, 0.717) is 24.2 Å². The molecule has 0 spiro atoms. The number of allylic oxidation sites excluding steroid dienone is 1. The summed E-state index contributed by atoms with van der Waals surface area (Å²) in [6, 6.07) is 0. The van der Waals surface area contributed by atoms with Gasteiger partial charge < -0.3 is 16.4 Å². The molecular weight excluding hydrogens is 342 g/mol. The number of nitrogens with zero attached hydrogens (tertiary/aromatic N) is 4. The quantitative estimate of drug-likeness (QED) is 0.614. The Morgan fingerprint density at radius 2 is 2.04 bits per heavy atom. The monoisotopic (exact) mass is 371 g/mol. The number of carbonyl (C=O) groups excluding carboxylic acids is 1. The molecule has 0 aliphatic rings. The van der Waals surface area contributed by atoms with Crippen molar-refractivity contribution in [2.24, 2.45) is 11.7 Å². The van der Waals surface area contributed by atoms with Gasteiger partial charge in [-0.25, -0.2) is 4.98 Å². The topological polar surface area (TPSA) is 111 Å². The molecule has 0 fully saturated rings. The smallest absolute Gasteiger partial charge is 0.254 e. The van der Waals surface area contributed by atoms with E-state index in [4.69, 9.17) is 5.73 Å². The summed E-state index contributed by atoms with van der Waals surface area (Å²) in [4.78, 5) is 20.2. The number of nitrogens with two attached hydrogens (primary N) is 1. The zero-order valence-electron chi connectivity index (χ0n) is 16.7. The predicted octanol–water partition coefficient (Wildman–Crippen LogP) is 3.28. The van der Waals surface area contributed by atoms with E-state index in [2.05, 4.69) is 66.4 Å². The number of rotatable bonds is 8. The van der Waals surface area contributed by atoms with Crippen molar-refractivity contribution < 1.29 is 4.79 Å². The molecular formula is C19H29N7O. The van der Waals surface area contributed by atoms with E-state index in [0.717, 1.165) is 12.1 Å². The van der Waals surface area contributed by atoms with Crippen molar-refractivity contribution in [1.82, 2.24) is 19.7 Å². The van der Waals surface area contributed by atoms with Gasteiger partial charge in [0.1, 0.15) is 5.82 Å². The lowest BCUT2D eigenvalue weighted by molar-refractivity contribution is 0.100. The molecule has 0 unspecified atom stereocenters. The number of hydrogen-bond acceptors (Lipinski definition) is 6. The molecule has 2 rings (SSSR count). The molecule has 2 heterocycles. The predicted molar refractivity (Wildman–Crippen MR) is 108 cm³/mol. The maximum absolute atomic E-state index is 11.6. The molecule has 8 heteroatoms. The zero-order chi connectivity index (χ0) is 20.0. The molecule has 8 nitrogen and oxygen atoms in total. The molecule has 27 heavy (non-hydrogen) atoms. The highest BCUT2D eigenvalue weighted by atomic mass is 16.1. The van der Waals surface area contributed by atoms with Crippen LogP contribution in [0, 0.1) is 5.92 Å². The van der Waals surface area contributed by atoms with E-state index in [1.165, 1.54) is 6.20 Å². The summed E-state index contributed by atoms with van der Waals surface area (Å²) in [5, 5.41) is 10.6. The summed E-state index contributed by atoms with van der Waals surface area (Å²) in [5.41, 5.74) is 6.32. The second kappa shape index (κ2) is 8.66. The standard InChI is InChI=1S/C19H29N7O/c1-13(2)8-6-7-9-21-17-15(16(20)27)11-22-18(25-17)24-14-10-23-26(12-14)19(3,4)5/h6-7,10-13H,8-9H2,1-5H3,(H2,20,27)(H2,21,22,24,25)/b7-6+. The number of anilines is 3. The highest BCUT2D eigenvalue weighted by molar-refractivity contribution is 5.97. The average Bonchev–Trinajstić information content (AvgIpc) is 3.03. The van der Waals surface area contributed by atoms with Gasteiger partial charge in [-0.1, -0.05) is 26.0 Å². The van der Waals surface area contributed by atoms with Gasteiger partial charge in [-0.05, 0) is 33.1 Å². The number of amides is 1. The molecule has 4 N–H and O–H groups in total. The number of aromatic nitrogens is 4. The van der Waals surface area contributed by atoms with Gasteiger partial charge in [-0.15, -0.1) is 0 Å². The van der Waals surface area contributed by atoms with Gasteiger partial charge in [-0.3, -0.25) is 9.48 Å². The van der Waals surface area contributed by atoms with Crippen LogP contribution in [0.15, 0.2) is 30.7 Å². The SMILES string of the molecule is CC(C)C/C=C/CNc1nc(Nc2cnn(C(C)(C)C)c2)ncc1C(N)=O. The molecule has 146 valence electrons. The van der Waals surface area contributed by atoms with Gasteiger partial charge in [0, 0.05) is 18.9 Å². The Morgan fingerprint density at radius 1 is 1.30 bits per heavy atom. The lowest BCUT2D eigenvalue weighted by Crippen LogP contribution is -2.21. The number of nitrogens with one attached hydrogen (secondary N) is 2. The maximum atomic E-state index is 11.6. The van der Waals surface area contributed by atoms with Gasteiger partial charge >= 0.3 is 0 Å². The van der Waals surface area contributed by atoms with Gasteiger partial charge in [0.15, 0.2) is 0 Å². The molecule has 0 saturated heterocycles. The van der Waals surface area contributed by atoms with E-state index in [9.17, 15) is 4.79 Å². The van der Waals surface area contributed by atoms with Crippen LogP contribution in [0.5, 0.6) is 0 Å². The third kappa shape index (κ3) is 6.09. The Labute approximate surface area is 160 Å². The maximum Gasteiger partial charge on any atom is 0.254 e. The molecule has 0 atom stereocenters. The van der Waals surface area contributed by atoms with Gasteiger partial charge in [-0.2, -0.15) is 10.1 Å². The molecule has 0 saturated carbocycles. The molecule has 0 aliphatic heterocycles. The van der Waals surface area contributed by atoms with Crippen molar-refractivity contribution in [3.05, 3.63) is 36.3 Å². The molecule has 2 aromatic rings. The van der Waals surface area contributed by atoms with Crippen LogP contribution < -0.4 is 16.4 Å². The van der Waals surface area contributed by atoms with Crippen LogP contribution in [0.4, 0.5) is 17.5 Å². The molecule has 0 radical (unpaired) electrons. The first-order valence-corrected chi connectivity index (χ1v) is 9.04. The van der Waals surface area contributed by atoms with Crippen LogP contribution in [0.3, 0.4) is 0 Å². The number of hydrogen-bond donors (Lipinski definition) is 3. The normalized spacial score (nSPS) is 11.9. The highest BCUT2D eigenvalue weighted by Crippen LogP contribution is 2.20. The Bertz CT molecular complexity index is 803. The fourth-order valence-corrected chi connectivity index (χ4v) is 2.25. The fraction of sp³-hybridized carbons (Fsp3) is 0.474. The number of primary amides is 1. The van der Waals surface area contributed by atoms with Gasteiger partial charge in [0.25, 0.3) is 5.91 Å². The fourth-order valence-electron chi connectivity index (χ4n) is 2.25. The van der Waals surface area contributed by atoms with Crippen LogP contribution in [-0.2, 0) is 5.54 Å². The van der Waals surface area contributed by atoms with Gasteiger partial charge in [0.05, 0.1) is 23.0 Å². The Morgan fingerprint density at radius 3 is 2.63 bits per heavy atom. The van der Waals surface area contributed by atoms with E-state index in [1.54, 1.807) is 6.20 Å². The minimum atomic E-state index is -0.573. The third-order valence-electron chi connectivity index (χ3n) is 3.74. The van der Waals surface area contributed by atoms with E-state index < -0.39 is 5.91 Å². The first-order valence-electron chi connectivity index (χ1n) is 9.04. The van der Waals surface area contributed by atoms with Crippen LogP contribution in [-0.4, -0.2) is 32.2 Å². The van der Waals surface area contributed by atoms with Gasteiger partial charge in [0.2, 0.25) is 5.95 Å². The first-order chi connectivity index (χ1) is 12.7. The highest BCUT2D eigenvalue weighted by Gasteiger charge is 2.15. The molecule has 0 bridgehead atoms. The summed E-state index contributed by atoms with van der Waals surface area (Å²) < 4.78 is 1.85. The summed E-state index contributed by atoms with van der Waals surface area (Å²) in [6.45, 7) is 11.1. The minimum Gasteiger partial charge on any atom is -0.366 e. The van der Waals surface area contributed by atoms with Crippen LogP contribution >= 0.6 is 0 Å². The van der Waals surface area contributed by atoms with Crippen LogP contribution in [0.1, 0.15) is 51.4 Å². The Kier molecular flexibility index (Phi) is 6.55. The van der Waals surface area contributed by atoms with Crippen LogP contribution in [0.25, 0.3) is 0 Å². The van der Waals surface area contributed by atoms with E-state index in [1.807, 2.05) is 17.0 Å². The first kappa shape index (κ1) is 20.4. The zero-order valence-corrected chi connectivity index (χ0v) is 16.7. The summed E-state index contributed by atoms with van der Waals surface area (Å²) in [6.07, 6.45) is 10.1. The second-order valence-electron chi connectivity index (χ2n) is 7.77. The molecule has 2 aromatic heterocycles.